The lowest BCUT2D eigenvalue weighted by molar-refractivity contribution is -0.137. The summed E-state index contributed by atoms with van der Waals surface area (Å²) in [6.45, 7) is 0.807. The van der Waals surface area contributed by atoms with E-state index in [0.29, 0.717) is 23.7 Å². The summed E-state index contributed by atoms with van der Waals surface area (Å²) in [5, 5.41) is 2.44. The van der Waals surface area contributed by atoms with Crippen LogP contribution in [0.2, 0.25) is 5.02 Å². The largest absolute Gasteiger partial charge is 0.493 e. The van der Waals surface area contributed by atoms with Crippen LogP contribution in [0.15, 0.2) is 66.7 Å². The minimum absolute atomic E-state index is 0. The monoisotopic (exact) mass is 543 g/mol. The van der Waals surface area contributed by atoms with Crippen molar-refractivity contribution in [3.8, 4) is 11.5 Å². The maximum absolute atomic E-state index is 13.1. The second kappa shape index (κ2) is 13.2. The van der Waals surface area contributed by atoms with Crippen LogP contribution in [0.4, 0.5) is 23.7 Å². The van der Waals surface area contributed by atoms with Gasteiger partial charge in [0, 0.05) is 19.6 Å². The maximum atomic E-state index is 13.1. The molecule has 0 atom stereocenters. The predicted octanol–water partition coefficient (Wildman–Crippen LogP) is 6.36. The number of methoxy groups -OCH3 is 1. The molecular weight excluding hydrogens is 518 g/mol. The normalized spacial score (nSPS) is 10.8. The van der Waals surface area contributed by atoms with Gasteiger partial charge in [0.15, 0.2) is 11.5 Å². The first-order valence-electron chi connectivity index (χ1n) is 10.7. The summed E-state index contributed by atoms with van der Waals surface area (Å²) >= 11 is 6.01. The Morgan fingerprint density at radius 2 is 1.75 bits per heavy atom. The molecule has 0 bridgehead atoms. The van der Waals surface area contributed by atoms with Crippen LogP contribution >= 0.6 is 24.0 Å². The first-order valence-corrected chi connectivity index (χ1v) is 11.1. The molecule has 3 aromatic carbocycles. The van der Waals surface area contributed by atoms with Crippen LogP contribution in [-0.4, -0.2) is 31.1 Å². The zero-order chi connectivity index (χ0) is 25.4. The summed E-state index contributed by atoms with van der Waals surface area (Å²) in [4.78, 5) is 14.2. The van der Waals surface area contributed by atoms with Crippen LogP contribution < -0.4 is 20.5 Å². The fourth-order valence-corrected chi connectivity index (χ4v) is 3.45. The van der Waals surface area contributed by atoms with Crippen molar-refractivity contribution in [2.75, 3.05) is 25.5 Å². The molecule has 11 heteroatoms. The number of urea groups is 1. The number of anilines is 1. The molecule has 3 N–H and O–H groups in total. The van der Waals surface area contributed by atoms with Crippen LogP contribution in [0.5, 0.6) is 11.5 Å². The third kappa shape index (κ3) is 7.94. The zero-order valence-electron chi connectivity index (χ0n) is 19.3. The Hall–Kier alpha value is -3.14. The van der Waals surface area contributed by atoms with E-state index < -0.39 is 17.8 Å². The van der Waals surface area contributed by atoms with E-state index in [1.54, 1.807) is 18.2 Å². The highest BCUT2D eigenvalue weighted by Gasteiger charge is 2.31. The molecular formula is C25H26Cl2F3N3O3. The first-order chi connectivity index (χ1) is 16.7. The quantitative estimate of drug-likeness (QED) is 0.329. The smallest absolute Gasteiger partial charge is 0.416 e. The molecule has 3 aromatic rings. The first kappa shape index (κ1) is 29.1. The Kier molecular flexibility index (Phi) is 10.7. The van der Waals surface area contributed by atoms with E-state index in [1.165, 1.54) is 12.0 Å². The summed E-state index contributed by atoms with van der Waals surface area (Å²) in [7, 11) is 1.51. The minimum Gasteiger partial charge on any atom is -0.493 e. The van der Waals surface area contributed by atoms with Crippen molar-refractivity contribution in [1.82, 2.24) is 4.90 Å². The Bertz CT molecular complexity index is 1150. The van der Waals surface area contributed by atoms with Crippen LogP contribution in [-0.2, 0) is 19.3 Å². The number of halogens is 5. The molecule has 194 valence electrons. The molecule has 0 aliphatic heterocycles. The molecule has 2 amide bonds. The average molecular weight is 544 g/mol. The van der Waals surface area contributed by atoms with E-state index in [-0.39, 0.29) is 42.8 Å². The van der Waals surface area contributed by atoms with Crippen molar-refractivity contribution in [2.45, 2.75) is 19.3 Å². The lowest BCUT2D eigenvalue weighted by Gasteiger charge is -2.24. The number of carbonyl (C=O) groups excluding carboxylic acids is 1. The lowest BCUT2D eigenvalue weighted by Crippen LogP contribution is -2.38. The summed E-state index contributed by atoms with van der Waals surface area (Å²) in [5.74, 6) is 1.01. The van der Waals surface area contributed by atoms with E-state index in [1.807, 2.05) is 30.3 Å². The number of hydrogen-bond acceptors (Lipinski definition) is 4. The van der Waals surface area contributed by atoms with Crippen LogP contribution in [0.3, 0.4) is 0 Å². The molecule has 3 rings (SSSR count). The number of nitrogens with zero attached hydrogens (tertiary/aromatic N) is 1. The molecule has 0 aromatic heterocycles. The number of hydrogen-bond donors (Lipinski definition) is 2. The van der Waals surface area contributed by atoms with Crippen molar-refractivity contribution in [1.29, 1.82) is 0 Å². The van der Waals surface area contributed by atoms with Crippen molar-refractivity contribution in [3.63, 3.8) is 0 Å². The van der Waals surface area contributed by atoms with E-state index in [0.717, 1.165) is 23.8 Å². The molecule has 0 heterocycles. The summed E-state index contributed by atoms with van der Waals surface area (Å²) in [6, 6.07) is 17.0. The van der Waals surface area contributed by atoms with Crippen LogP contribution in [0.25, 0.3) is 0 Å². The number of carbonyl (C=O) groups is 1. The number of benzene rings is 3. The van der Waals surface area contributed by atoms with Gasteiger partial charge in [-0.1, -0.05) is 48.0 Å². The standard InChI is InChI=1S/C25H25ClF3N3O3.ClH/c1-34-23-13-18(7-10-22(23)35-16-17-5-3-2-4-6-17)15-32(12-11-30)24(33)31-21-14-19(25(27,28)29)8-9-20(21)26;/h2-10,13-14H,11-12,15-16,30H2,1H3,(H,31,33);1H. The van der Waals surface area contributed by atoms with Crippen LogP contribution in [0, 0.1) is 0 Å². The predicted molar refractivity (Wildman–Crippen MR) is 136 cm³/mol. The van der Waals surface area contributed by atoms with Gasteiger partial charge in [0.25, 0.3) is 0 Å². The molecule has 0 spiro atoms. The summed E-state index contributed by atoms with van der Waals surface area (Å²) in [5.41, 5.74) is 6.31. The van der Waals surface area contributed by atoms with Gasteiger partial charge in [0.2, 0.25) is 0 Å². The van der Waals surface area contributed by atoms with Gasteiger partial charge in [-0.3, -0.25) is 0 Å². The number of rotatable bonds is 9. The Labute approximate surface area is 218 Å². The van der Waals surface area contributed by atoms with Gasteiger partial charge in [-0.2, -0.15) is 13.2 Å². The van der Waals surface area contributed by atoms with E-state index in [4.69, 9.17) is 26.8 Å². The molecule has 0 saturated heterocycles. The third-order valence-electron chi connectivity index (χ3n) is 5.06. The third-order valence-corrected chi connectivity index (χ3v) is 5.39. The number of nitrogens with two attached hydrogens (primary N) is 1. The number of alkyl halides is 3. The Morgan fingerprint density at radius 1 is 1.03 bits per heavy atom. The van der Waals surface area contributed by atoms with Crippen molar-refractivity contribution in [3.05, 3.63) is 88.4 Å². The maximum Gasteiger partial charge on any atom is 0.416 e. The van der Waals surface area contributed by atoms with Gasteiger partial charge in [-0.15, -0.1) is 12.4 Å². The molecule has 36 heavy (non-hydrogen) atoms. The Balaban J connectivity index is 0.00000456. The number of nitrogens with one attached hydrogen (secondary N) is 1. The van der Waals surface area contributed by atoms with Gasteiger partial charge < -0.3 is 25.4 Å². The molecule has 0 saturated carbocycles. The molecule has 0 aliphatic carbocycles. The van der Waals surface area contributed by atoms with Gasteiger partial charge in [0.05, 0.1) is 23.4 Å². The van der Waals surface area contributed by atoms with E-state index in [2.05, 4.69) is 5.32 Å². The summed E-state index contributed by atoms with van der Waals surface area (Å²) in [6.07, 6.45) is -4.57. The van der Waals surface area contributed by atoms with Gasteiger partial charge >= 0.3 is 12.2 Å². The molecule has 6 nitrogen and oxygen atoms in total. The minimum atomic E-state index is -4.57. The molecule has 0 unspecified atom stereocenters. The fourth-order valence-electron chi connectivity index (χ4n) is 3.29. The number of amides is 2. The van der Waals surface area contributed by atoms with Gasteiger partial charge in [-0.05, 0) is 41.5 Å². The summed E-state index contributed by atoms with van der Waals surface area (Å²) < 4.78 is 50.5. The highest BCUT2D eigenvalue weighted by molar-refractivity contribution is 6.33. The van der Waals surface area contributed by atoms with Crippen molar-refractivity contribution < 1.29 is 27.4 Å². The topological polar surface area (TPSA) is 76.8 Å². The number of ether oxygens (including phenoxy) is 2. The highest BCUT2D eigenvalue weighted by Crippen LogP contribution is 2.34. The zero-order valence-corrected chi connectivity index (χ0v) is 20.9. The Morgan fingerprint density at radius 3 is 2.39 bits per heavy atom. The van der Waals surface area contributed by atoms with Crippen molar-refractivity contribution >= 4 is 35.7 Å². The van der Waals surface area contributed by atoms with Gasteiger partial charge in [0.1, 0.15) is 6.61 Å². The van der Waals surface area contributed by atoms with Crippen LogP contribution in [0.1, 0.15) is 16.7 Å². The SMILES string of the molecule is COc1cc(CN(CCN)C(=O)Nc2cc(C(F)(F)F)ccc2Cl)ccc1OCc1ccccc1.Cl. The van der Waals surface area contributed by atoms with Gasteiger partial charge in [-0.25, -0.2) is 4.79 Å². The lowest BCUT2D eigenvalue weighted by atomic mass is 10.1. The van der Waals surface area contributed by atoms with E-state index in [9.17, 15) is 18.0 Å². The highest BCUT2D eigenvalue weighted by atomic mass is 35.5. The molecule has 0 aliphatic rings. The van der Waals surface area contributed by atoms with E-state index >= 15 is 0 Å². The molecule has 0 radical (unpaired) electrons. The second-order valence-electron chi connectivity index (χ2n) is 7.59. The average Bonchev–Trinajstić information content (AvgIpc) is 2.84. The molecule has 0 fully saturated rings. The van der Waals surface area contributed by atoms with Crippen molar-refractivity contribution in [2.24, 2.45) is 5.73 Å². The second-order valence-corrected chi connectivity index (χ2v) is 8.00. The fraction of sp³-hybridized carbons (Fsp3) is 0.240.